The van der Waals surface area contributed by atoms with Gasteiger partial charge in [0.2, 0.25) is 5.91 Å². The van der Waals surface area contributed by atoms with E-state index in [-0.39, 0.29) is 11.9 Å². The SMILES string of the molecule is C[C@@H]1CCCN(c2ccc([C@@H](C)NC(=O)/C=C/c3ccc(Cl)cc3)cc2)C1. The van der Waals surface area contributed by atoms with Crippen molar-refractivity contribution in [1.82, 2.24) is 5.32 Å². The van der Waals surface area contributed by atoms with E-state index in [1.807, 2.05) is 31.2 Å². The van der Waals surface area contributed by atoms with E-state index in [0.29, 0.717) is 5.02 Å². The largest absolute Gasteiger partial charge is 0.371 e. The van der Waals surface area contributed by atoms with Gasteiger partial charge in [0.15, 0.2) is 0 Å². The summed E-state index contributed by atoms with van der Waals surface area (Å²) in [7, 11) is 0. The summed E-state index contributed by atoms with van der Waals surface area (Å²) in [5, 5.41) is 3.71. The number of benzene rings is 2. The first-order valence-corrected chi connectivity index (χ1v) is 9.98. The van der Waals surface area contributed by atoms with Crippen LogP contribution < -0.4 is 10.2 Å². The molecule has 2 aromatic carbocycles. The van der Waals surface area contributed by atoms with Crippen LogP contribution in [0.1, 0.15) is 43.9 Å². The van der Waals surface area contributed by atoms with Crippen LogP contribution in [0.2, 0.25) is 5.02 Å². The minimum atomic E-state index is -0.105. The average molecular weight is 383 g/mol. The lowest BCUT2D eigenvalue weighted by Crippen LogP contribution is -2.34. The van der Waals surface area contributed by atoms with Crippen molar-refractivity contribution in [3.63, 3.8) is 0 Å². The zero-order chi connectivity index (χ0) is 19.2. The maximum atomic E-state index is 12.2. The second kappa shape index (κ2) is 9.09. The summed E-state index contributed by atoms with van der Waals surface area (Å²) >= 11 is 5.87. The van der Waals surface area contributed by atoms with Crippen LogP contribution in [-0.4, -0.2) is 19.0 Å². The Labute approximate surface area is 167 Å². The Hall–Kier alpha value is -2.26. The second-order valence-corrected chi connectivity index (χ2v) is 7.84. The molecule has 142 valence electrons. The van der Waals surface area contributed by atoms with Crippen molar-refractivity contribution in [3.8, 4) is 0 Å². The van der Waals surface area contributed by atoms with Crippen LogP contribution >= 0.6 is 11.6 Å². The minimum Gasteiger partial charge on any atom is -0.371 e. The summed E-state index contributed by atoms with van der Waals surface area (Å²) < 4.78 is 0. The monoisotopic (exact) mass is 382 g/mol. The molecule has 3 rings (SSSR count). The summed E-state index contributed by atoms with van der Waals surface area (Å²) in [5.74, 6) is 0.649. The number of anilines is 1. The van der Waals surface area contributed by atoms with Crippen molar-refractivity contribution in [2.75, 3.05) is 18.0 Å². The number of carbonyl (C=O) groups excluding carboxylic acids is 1. The van der Waals surface area contributed by atoms with Crippen LogP contribution in [0, 0.1) is 5.92 Å². The van der Waals surface area contributed by atoms with Crippen molar-refractivity contribution < 1.29 is 4.79 Å². The normalized spacial score (nSPS) is 18.5. The van der Waals surface area contributed by atoms with Crippen LogP contribution in [0.15, 0.2) is 54.6 Å². The zero-order valence-corrected chi connectivity index (χ0v) is 16.7. The maximum Gasteiger partial charge on any atom is 0.244 e. The molecule has 0 radical (unpaired) electrons. The van der Waals surface area contributed by atoms with Crippen molar-refractivity contribution in [2.45, 2.75) is 32.7 Å². The van der Waals surface area contributed by atoms with Gasteiger partial charge < -0.3 is 10.2 Å². The van der Waals surface area contributed by atoms with Crippen molar-refractivity contribution in [1.29, 1.82) is 0 Å². The number of carbonyl (C=O) groups is 1. The lowest BCUT2D eigenvalue weighted by atomic mass is 9.99. The summed E-state index contributed by atoms with van der Waals surface area (Å²) in [5.41, 5.74) is 3.32. The molecular formula is C23H27ClN2O. The summed E-state index contributed by atoms with van der Waals surface area (Å²) in [4.78, 5) is 14.6. The molecule has 1 N–H and O–H groups in total. The highest BCUT2D eigenvalue weighted by Crippen LogP contribution is 2.24. The number of nitrogens with one attached hydrogen (secondary N) is 1. The van der Waals surface area contributed by atoms with E-state index in [9.17, 15) is 4.79 Å². The van der Waals surface area contributed by atoms with Crippen molar-refractivity contribution in [2.24, 2.45) is 5.92 Å². The molecule has 1 aliphatic heterocycles. The van der Waals surface area contributed by atoms with Gasteiger partial charge in [-0.25, -0.2) is 0 Å². The van der Waals surface area contributed by atoms with Crippen molar-refractivity contribution in [3.05, 3.63) is 70.8 Å². The number of hydrogen-bond acceptors (Lipinski definition) is 2. The molecule has 1 amide bonds. The molecule has 1 saturated heterocycles. The van der Waals surface area contributed by atoms with Gasteiger partial charge in [0.25, 0.3) is 0 Å². The summed E-state index contributed by atoms with van der Waals surface area (Å²) in [6.45, 7) is 6.58. The summed E-state index contributed by atoms with van der Waals surface area (Å²) in [6, 6.07) is 15.9. The van der Waals surface area contributed by atoms with Crippen LogP contribution in [0.25, 0.3) is 6.08 Å². The van der Waals surface area contributed by atoms with Crippen molar-refractivity contribution >= 4 is 29.3 Å². The van der Waals surface area contributed by atoms with Gasteiger partial charge in [-0.1, -0.05) is 42.8 Å². The van der Waals surface area contributed by atoms with Gasteiger partial charge in [-0.2, -0.15) is 0 Å². The molecule has 0 aliphatic carbocycles. The molecule has 2 aromatic rings. The van der Waals surface area contributed by atoms with Crippen LogP contribution in [-0.2, 0) is 4.79 Å². The highest BCUT2D eigenvalue weighted by molar-refractivity contribution is 6.30. The first-order chi connectivity index (χ1) is 13.0. The number of piperidine rings is 1. The molecule has 2 atom stereocenters. The summed E-state index contributed by atoms with van der Waals surface area (Å²) in [6.07, 6.45) is 5.93. The number of hydrogen-bond donors (Lipinski definition) is 1. The van der Waals surface area contributed by atoms with E-state index in [1.54, 1.807) is 12.2 Å². The quantitative estimate of drug-likeness (QED) is 0.695. The van der Waals surface area contributed by atoms with Crippen LogP contribution in [0.4, 0.5) is 5.69 Å². The Morgan fingerprint density at radius 2 is 1.89 bits per heavy atom. The fraction of sp³-hybridized carbons (Fsp3) is 0.348. The van der Waals surface area contributed by atoms with Gasteiger partial charge in [0.05, 0.1) is 6.04 Å². The molecular weight excluding hydrogens is 356 g/mol. The highest BCUT2D eigenvalue weighted by atomic mass is 35.5. The van der Waals surface area contributed by atoms with Crippen LogP contribution in [0.3, 0.4) is 0 Å². The first-order valence-electron chi connectivity index (χ1n) is 9.60. The third-order valence-electron chi connectivity index (χ3n) is 5.07. The van der Waals surface area contributed by atoms with Gasteiger partial charge in [0.1, 0.15) is 0 Å². The first kappa shape index (κ1) is 19.5. The third kappa shape index (κ3) is 5.61. The Morgan fingerprint density at radius 1 is 1.19 bits per heavy atom. The Kier molecular flexibility index (Phi) is 6.57. The van der Waals surface area contributed by atoms with E-state index >= 15 is 0 Å². The lowest BCUT2D eigenvalue weighted by molar-refractivity contribution is -0.117. The molecule has 1 heterocycles. The van der Waals surface area contributed by atoms with E-state index in [0.717, 1.165) is 30.1 Å². The number of amides is 1. The molecule has 27 heavy (non-hydrogen) atoms. The molecule has 0 saturated carbocycles. The maximum absolute atomic E-state index is 12.2. The molecule has 0 unspecified atom stereocenters. The highest BCUT2D eigenvalue weighted by Gasteiger charge is 2.17. The van der Waals surface area contributed by atoms with Gasteiger partial charge in [0, 0.05) is 29.9 Å². The van der Waals surface area contributed by atoms with E-state index < -0.39 is 0 Å². The molecule has 1 fully saturated rings. The smallest absolute Gasteiger partial charge is 0.244 e. The van der Waals surface area contributed by atoms with Gasteiger partial charge in [-0.15, -0.1) is 0 Å². The predicted octanol–water partition coefficient (Wildman–Crippen LogP) is 5.47. The zero-order valence-electron chi connectivity index (χ0n) is 16.0. The second-order valence-electron chi connectivity index (χ2n) is 7.40. The lowest BCUT2D eigenvalue weighted by Gasteiger charge is -2.33. The number of rotatable bonds is 5. The van der Waals surface area contributed by atoms with E-state index in [2.05, 4.69) is 41.4 Å². The standard InChI is InChI=1S/C23H27ClN2O/c1-17-4-3-15-26(16-17)22-12-8-20(9-13-22)18(2)25-23(27)14-7-19-5-10-21(24)11-6-19/h5-14,17-18H,3-4,15-16H2,1-2H3,(H,25,27)/b14-7+/t17-,18-/m1/s1. The fourth-order valence-electron chi connectivity index (χ4n) is 3.49. The molecule has 4 heteroatoms. The number of halogens is 1. The topological polar surface area (TPSA) is 32.3 Å². The van der Waals surface area contributed by atoms with E-state index in [1.165, 1.54) is 18.5 Å². The molecule has 0 aromatic heterocycles. The number of nitrogens with zero attached hydrogens (tertiary/aromatic N) is 1. The van der Waals surface area contributed by atoms with Gasteiger partial charge in [-0.3, -0.25) is 4.79 Å². The van der Waals surface area contributed by atoms with Gasteiger partial charge in [-0.05, 0) is 67.2 Å². The molecule has 0 bridgehead atoms. The van der Waals surface area contributed by atoms with Crippen LogP contribution in [0.5, 0.6) is 0 Å². The predicted molar refractivity (Wildman–Crippen MR) is 114 cm³/mol. The Balaban J connectivity index is 1.56. The molecule has 3 nitrogen and oxygen atoms in total. The van der Waals surface area contributed by atoms with E-state index in [4.69, 9.17) is 11.6 Å². The average Bonchev–Trinajstić information content (AvgIpc) is 2.67. The Morgan fingerprint density at radius 3 is 2.56 bits per heavy atom. The third-order valence-corrected chi connectivity index (χ3v) is 5.32. The Bertz CT molecular complexity index is 783. The minimum absolute atomic E-state index is 0.0401. The molecule has 1 aliphatic rings. The molecule has 0 spiro atoms. The fourth-order valence-corrected chi connectivity index (χ4v) is 3.61. The van der Waals surface area contributed by atoms with Gasteiger partial charge >= 0.3 is 0 Å².